The van der Waals surface area contributed by atoms with Crippen LogP contribution in [-0.4, -0.2) is 6.54 Å². The molecule has 0 bridgehead atoms. The van der Waals surface area contributed by atoms with Crippen molar-refractivity contribution < 1.29 is 4.39 Å². The first-order valence-corrected chi connectivity index (χ1v) is 6.29. The van der Waals surface area contributed by atoms with Gasteiger partial charge in [0.25, 0.3) is 0 Å². The molecular formula is C16H13FN2. The molecular weight excluding hydrogens is 239 g/mol. The lowest BCUT2D eigenvalue weighted by Gasteiger charge is -2.30. The van der Waals surface area contributed by atoms with Gasteiger partial charge in [-0.25, -0.2) is 4.39 Å². The quantitative estimate of drug-likeness (QED) is 0.908. The fourth-order valence-corrected chi connectivity index (χ4v) is 2.51. The maximum atomic E-state index is 13.2. The number of halogens is 1. The zero-order valence-corrected chi connectivity index (χ0v) is 10.4. The van der Waals surface area contributed by atoms with Crippen LogP contribution in [0.4, 0.5) is 10.1 Å². The molecule has 0 saturated carbocycles. The van der Waals surface area contributed by atoms with Crippen molar-refractivity contribution in [1.82, 2.24) is 0 Å². The van der Waals surface area contributed by atoms with Gasteiger partial charge in [-0.2, -0.15) is 5.26 Å². The first-order valence-electron chi connectivity index (χ1n) is 6.29. The highest BCUT2D eigenvalue weighted by atomic mass is 19.1. The smallest absolute Gasteiger partial charge is 0.141 e. The fraction of sp³-hybridized carbons (Fsp3) is 0.188. The Kier molecular flexibility index (Phi) is 2.92. The van der Waals surface area contributed by atoms with E-state index < -0.39 is 5.82 Å². The van der Waals surface area contributed by atoms with Crippen LogP contribution >= 0.6 is 0 Å². The number of hydrogen-bond acceptors (Lipinski definition) is 2. The lowest BCUT2D eigenvalue weighted by Crippen LogP contribution is -2.24. The Morgan fingerprint density at radius 1 is 1.26 bits per heavy atom. The van der Waals surface area contributed by atoms with Gasteiger partial charge in [-0.05, 0) is 35.7 Å². The van der Waals surface area contributed by atoms with E-state index >= 15 is 0 Å². The van der Waals surface area contributed by atoms with Gasteiger partial charge in [0.15, 0.2) is 0 Å². The summed E-state index contributed by atoms with van der Waals surface area (Å²) in [5.74, 6) is 0.0360. The number of fused-ring (bicyclic) bond motifs is 1. The first kappa shape index (κ1) is 11.7. The molecule has 2 aromatic carbocycles. The van der Waals surface area contributed by atoms with E-state index in [4.69, 9.17) is 5.26 Å². The standard InChI is InChI=1S/C16H13FN2/c17-16-6-5-14(8-12(16)9-18)19-10-13-7-11-3-1-2-4-15(11)13/h1-6,8,13,19H,7,10H2. The molecule has 0 saturated heterocycles. The highest BCUT2D eigenvalue weighted by Gasteiger charge is 2.24. The molecule has 0 amide bonds. The molecule has 0 fully saturated rings. The van der Waals surface area contributed by atoms with E-state index in [1.54, 1.807) is 12.1 Å². The molecule has 0 radical (unpaired) electrons. The summed E-state index contributed by atoms with van der Waals surface area (Å²) in [4.78, 5) is 0. The first-order chi connectivity index (χ1) is 9.28. The maximum Gasteiger partial charge on any atom is 0.141 e. The molecule has 0 spiro atoms. The van der Waals surface area contributed by atoms with Gasteiger partial charge in [-0.3, -0.25) is 0 Å². The highest BCUT2D eigenvalue weighted by molar-refractivity contribution is 5.51. The second-order valence-electron chi connectivity index (χ2n) is 4.79. The maximum absolute atomic E-state index is 13.2. The van der Waals surface area contributed by atoms with Crippen molar-refractivity contribution in [2.24, 2.45) is 0 Å². The molecule has 1 aliphatic rings. The van der Waals surface area contributed by atoms with Gasteiger partial charge in [0.2, 0.25) is 0 Å². The van der Waals surface area contributed by atoms with Crippen LogP contribution in [0.15, 0.2) is 42.5 Å². The van der Waals surface area contributed by atoms with E-state index in [1.807, 2.05) is 6.07 Å². The number of nitrogens with one attached hydrogen (secondary N) is 1. The van der Waals surface area contributed by atoms with Crippen LogP contribution in [-0.2, 0) is 6.42 Å². The van der Waals surface area contributed by atoms with E-state index in [-0.39, 0.29) is 5.56 Å². The number of hydrogen-bond donors (Lipinski definition) is 1. The number of benzene rings is 2. The topological polar surface area (TPSA) is 35.8 Å². The summed E-state index contributed by atoms with van der Waals surface area (Å²) in [6.45, 7) is 0.813. The van der Waals surface area contributed by atoms with Crippen molar-refractivity contribution in [2.45, 2.75) is 12.3 Å². The predicted molar refractivity (Wildman–Crippen MR) is 72.5 cm³/mol. The largest absolute Gasteiger partial charge is 0.384 e. The second-order valence-corrected chi connectivity index (χ2v) is 4.79. The van der Waals surface area contributed by atoms with Crippen LogP contribution in [0.2, 0.25) is 0 Å². The van der Waals surface area contributed by atoms with Crippen LogP contribution in [0.5, 0.6) is 0 Å². The zero-order chi connectivity index (χ0) is 13.2. The van der Waals surface area contributed by atoms with Gasteiger partial charge in [0.05, 0.1) is 5.56 Å². The van der Waals surface area contributed by atoms with Crippen molar-refractivity contribution in [3.05, 3.63) is 65.0 Å². The molecule has 0 heterocycles. The Balaban J connectivity index is 1.67. The molecule has 2 nitrogen and oxygen atoms in total. The van der Waals surface area contributed by atoms with Gasteiger partial charge in [0.1, 0.15) is 11.9 Å². The SMILES string of the molecule is N#Cc1cc(NCC2Cc3ccccc32)ccc1F. The Bertz CT molecular complexity index is 658. The average molecular weight is 252 g/mol. The van der Waals surface area contributed by atoms with Crippen LogP contribution < -0.4 is 5.32 Å². The van der Waals surface area contributed by atoms with Gasteiger partial charge < -0.3 is 5.32 Å². The monoisotopic (exact) mass is 252 g/mol. The third kappa shape index (κ3) is 2.17. The molecule has 19 heavy (non-hydrogen) atoms. The number of anilines is 1. The summed E-state index contributed by atoms with van der Waals surface area (Å²) in [5.41, 5.74) is 3.67. The van der Waals surface area contributed by atoms with Crippen molar-refractivity contribution in [3.8, 4) is 6.07 Å². The molecule has 1 aliphatic carbocycles. The van der Waals surface area contributed by atoms with Gasteiger partial charge in [-0.15, -0.1) is 0 Å². The minimum atomic E-state index is -0.470. The van der Waals surface area contributed by atoms with Crippen LogP contribution in [0.1, 0.15) is 22.6 Å². The van der Waals surface area contributed by atoms with Gasteiger partial charge >= 0.3 is 0 Å². The summed E-state index contributed by atoms with van der Waals surface area (Å²) < 4.78 is 13.2. The van der Waals surface area contributed by atoms with Crippen molar-refractivity contribution in [3.63, 3.8) is 0 Å². The summed E-state index contributed by atoms with van der Waals surface area (Å²) in [7, 11) is 0. The Labute approximate surface area is 111 Å². The minimum absolute atomic E-state index is 0.0824. The van der Waals surface area contributed by atoms with Crippen molar-refractivity contribution >= 4 is 5.69 Å². The number of nitriles is 1. The Hall–Kier alpha value is -2.34. The number of rotatable bonds is 3. The summed E-state index contributed by atoms with van der Waals surface area (Å²) in [6, 6.07) is 14.8. The predicted octanol–water partition coefficient (Wildman–Crippen LogP) is 3.45. The molecule has 3 rings (SSSR count). The molecule has 1 N–H and O–H groups in total. The zero-order valence-electron chi connectivity index (χ0n) is 10.4. The molecule has 1 atom stereocenters. The van der Waals surface area contributed by atoms with Crippen LogP contribution in [0, 0.1) is 17.1 Å². The second kappa shape index (κ2) is 4.74. The Morgan fingerprint density at radius 2 is 2.11 bits per heavy atom. The van der Waals surface area contributed by atoms with E-state index in [0.717, 1.165) is 18.7 Å². The Morgan fingerprint density at radius 3 is 2.89 bits per heavy atom. The van der Waals surface area contributed by atoms with E-state index in [1.165, 1.54) is 17.2 Å². The third-order valence-corrected chi connectivity index (χ3v) is 3.60. The van der Waals surface area contributed by atoms with E-state index in [0.29, 0.717) is 5.92 Å². The lowest BCUT2D eigenvalue weighted by atomic mass is 9.77. The summed E-state index contributed by atoms with van der Waals surface area (Å²) in [5, 5.41) is 12.1. The summed E-state index contributed by atoms with van der Waals surface area (Å²) >= 11 is 0. The van der Waals surface area contributed by atoms with Crippen molar-refractivity contribution in [1.29, 1.82) is 5.26 Å². The highest BCUT2D eigenvalue weighted by Crippen LogP contribution is 2.34. The van der Waals surface area contributed by atoms with Crippen LogP contribution in [0.25, 0.3) is 0 Å². The normalized spacial score (nSPS) is 16.1. The summed E-state index contributed by atoms with van der Waals surface area (Å²) in [6.07, 6.45) is 1.08. The molecule has 2 aromatic rings. The number of nitrogens with zero attached hydrogens (tertiary/aromatic N) is 1. The molecule has 94 valence electrons. The molecule has 1 unspecified atom stereocenters. The van der Waals surface area contributed by atoms with Gasteiger partial charge in [-0.1, -0.05) is 24.3 Å². The van der Waals surface area contributed by atoms with Gasteiger partial charge in [0, 0.05) is 18.2 Å². The average Bonchev–Trinajstić information content (AvgIpc) is 2.41. The minimum Gasteiger partial charge on any atom is -0.384 e. The van der Waals surface area contributed by atoms with Crippen molar-refractivity contribution in [2.75, 3.05) is 11.9 Å². The van der Waals surface area contributed by atoms with Crippen LogP contribution in [0.3, 0.4) is 0 Å². The van der Waals surface area contributed by atoms with E-state index in [2.05, 4.69) is 29.6 Å². The fourth-order valence-electron chi connectivity index (χ4n) is 2.51. The van der Waals surface area contributed by atoms with E-state index in [9.17, 15) is 4.39 Å². The molecule has 0 aromatic heterocycles. The lowest BCUT2D eigenvalue weighted by molar-refractivity contribution is 0.622. The molecule has 3 heteroatoms. The third-order valence-electron chi connectivity index (χ3n) is 3.60. The molecule has 0 aliphatic heterocycles.